The van der Waals surface area contributed by atoms with E-state index >= 15 is 0 Å². The first kappa shape index (κ1) is 20.2. The number of amides is 2. The molecular weight excluding hydrogens is 348 g/mol. The molecule has 1 fully saturated rings. The van der Waals surface area contributed by atoms with Gasteiger partial charge in [0.1, 0.15) is 0 Å². The number of piperazine rings is 1. The first-order valence-electron chi connectivity index (χ1n) is 8.96. The van der Waals surface area contributed by atoms with Crippen LogP contribution in [0.5, 0.6) is 0 Å². The lowest BCUT2D eigenvalue weighted by atomic mass is 9.96. The van der Waals surface area contributed by atoms with Gasteiger partial charge in [-0.3, -0.25) is 9.59 Å². The van der Waals surface area contributed by atoms with Gasteiger partial charge in [0.25, 0.3) is 0 Å². The maximum atomic E-state index is 11.9. The molecule has 1 saturated heterocycles. The second-order valence-corrected chi connectivity index (χ2v) is 7.83. The number of carbonyl (C=O) groups excluding carboxylic acids is 2. The molecular formula is C19H28N4O2S. The van der Waals surface area contributed by atoms with E-state index in [4.69, 9.17) is 12.2 Å². The summed E-state index contributed by atoms with van der Waals surface area (Å²) in [4.78, 5) is 27.9. The molecule has 1 aliphatic rings. The molecule has 2 N–H and O–H groups in total. The molecule has 0 radical (unpaired) electrons. The van der Waals surface area contributed by atoms with Gasteiger partial charge in [-0.05, 0) is 36.5 Å². The summed E-state index contributed by atoms with van der Waals surface area (Å²) in [7, 11) is 0. The van der Waals surface area contributed by atoms with Crippen molar-refractivity contribution in [1.29, 1.82) is 0 Å². The third-order valence-electron chi connectivity index (χ3n) is 4.33. The predicted molar refractivity (Wildman–Crippen MR) is 109 cm³/mol. The van der Waals surface area contributed by atoms with Gasteiger partial charge in [0.15, 0.2) is 5.11 Å². The van der Waals surface area contributed by atoms with E-state index in [-0.39, 0.29) is 11.8 Å². The van der Waals surface area contributed by atoms with Gasteiger partial charge in [-0.15, -0.1) is 0 Å². The predicted octanol–water partition coefficient (Wildman–Crippen LogP) is 2.60. The fourth-order valence-corrected chi connectivity index (χ4v) is 2.86. The standard InChI is InChI=1S/C19H28N4O2S/c1-5-16(24)23-12-10-22(11-13-23)15-8-6-14(7-9-15)20-18(26)21-17(25)19(2,3)4/h6-9H,5,10-13H2,1-4H3,(H2,20,21,25,26). The molecule has 26 heavy (non-hydrogen) atoms. The van der Waals surface area contributed by atoms with Crippen molar-refractivity contribution in [1.82, 2.24) is 10.2 Å². The molecule has 0 bridgehead atoms. The quantitative estimate of drug-likeness (QED) is 0.794. The van der Waals surface area contributed by atoms with E-state index in [1.807, 2.05) is 56.9 Å². The van der Waals surface area contributed by atoms with Gasteiger partial charge in [0.05, 0.1) is 0 Å². The zero-order valence-corrected chi connectivity index (χ0v) is 16.8. The Kier molecular flexibility index (Phi) is 6.58. The van der Waals surface area contributed by atoms with E-state index < -0.39 is 5.41 Å². The number of benzene rings is 1. The number of thiocarbonyl (C=S) groups is 1. The molecule has 0 saturated carbocycles. The topological polar surface area (TPSA) is 64.7 Å². The maximum Gasteiger partial charge on any atom is 0.231 e. The fraction of sp³-hybridized carbons (Fsp3) is 0.526. The molecule has 1 aromatic carbocycles. The SMILES string of the molecule is CCC(=O)N1CCN(c2ccc(NC(=S)NC(=O)C(C)(C)C)cc2)CC1. The smallest absolute Gasteiger partial charge is 0.231 e. The van der Waals surface area contributed by atoms with Crippen LogP contribution in [-0.2, 0) is 9.59 Å². The van der Waals surface area contributed by atoms with Crippen LogP contribution >= 0.6 is 12.2 Å². The highest BCUT2D eigenvalue weighted by molar-refractivity contribution is 7.80. The summed E-state index contributed by atoms with van der Waals surface area (Å²) in [5, 5.41) is 6.03. The fourth-order valence-electron chi connectivity index (χ4n) is 2.65. The number of hydrogen-bond acceptors (Lipinski definition) is 4. The van der Waals surface area contributed by atoms with Crippen molar-refractivity contribution in [3.05, 3.63) is 24.3 Å². The molecule has 0 unspecified atom stereocenters. The van der Waals surface area contributed by atoms with Crippen LogP contribution in [0.3, 0.4) is 0 Å². The lowest BCUT2D eigenvalue weighted by Gasteiger charge is -2.36. The van der Waals surface area contributed by atoms with Gasteiger partial charge < -0.3 is 20.4 Å². The molecule has 1 aliphatic heterocycles. The van der Waals surface area contributed by atoms with E-state index in [9.17, 15) is 9.59 Å². The normalized spacial score (nSPS) is 14.8. The number of nitrogens with zero attached hydrogens (tertiary/aromatic N) is 2. The van der Waals surface area contributed by atoms with E-state index in [2.05, 4.69) is 15.5 Å². The average Bonchev–Trinajstić information content (AvgIpc) is 2.61. The van der Waals surface area contributed by atoms with E-state index in [0.29, 0.717) is 11.5 Å². The average molecular weight is 377 g/mol. The summed E-state index contributed by atoms with van der Waals surface area (Å²) >= 11 is 5.20. The molecule has 0 aromatic heterocycles. The minimum atomic E-state index is -0.489. The molecule has 0 atom stereocenters. The maximum absolute atomic E-state index is 11.9. The summed E-state index contributed by atoms with van der Waals surface area (Å²) in [5.74, 6) is 0.0983. The van der Waals surface area contributed by atoms with Gasteiger partial charge in [0.2, 0.25) is 11.8 Å². The minimum Gasteiger partial charge on any atom is -0.368 e. The third kappa shape index (κ3) is 5.42. The second-order valence-electron chi connectivity index (χ2n) is 7.43. The number of nitrogens with one attached hydrogen (secondary N) is 2. The summed E-state index contributed by atoms with van der Waals surface area (Å²) in [6, 6.07) is 7.92. The number of anilines is 2. The molecule has 1 aromatic rings. The van der Waals surface area contributed by atoms with E-state index in [0.717, 1.165) is 37.6 Å². The van der Waals surface area contributed by atoms with Crippen LogP contribution in [0.15, 0.2) is 24.3 Å². The van der Waals surface area contributed by atoms with Crippen LogP contribution in [0.25, 0.3) is 0 Å². The Morgan fingerprint density at radius 1 is 1.08 bits per heavy atom. The number of rotatable bonds is 3. The monoisotopic (exact) mass is 376 g/mol. The van der Waals surface area contributed by atoms with Crippen LogP contribution in [0.2, 0.25) is 0 Å². The van der Waals surface area contributed by atoms with Gasteiger partial charge >= 0.3 is 0 Å². The van der Waals surface area contributed by atoms with Gasteiger partial charge in [-0.2, -0.15) is 0 Å². The van der Waals surface area contributed by atoms with E-state index in [1.165, 1.54) is 0 Å². The van der Waals surface area contributed by atoms with Gasteiger partial charge in [-0.25, -0.2) is 0 Å². The van der Waals surface area contributed by atoms with Crippen LogP contribution in [0.1, 0.15) is 34.1 Å². The second kappa shape index (κ2) is 8.49. The highest BCUT2D eigenvalue weighted by Crippen LogP contribution is 2.20. The zero-order chi connectivity index (χ0) is 19.3. The lowest BCUT2D eigenvalue weighted by Crippen LogP contribution is -2.48. The Morgan fingerprint density at radius 2 is 1.65 bits per heavy atom. The largest absolute Gasteiger partial charge is 0.368 e. The van der Waals surface area contributed by atoms with Crippen molar-refractivity contribution in [3.8, 4) is 0 Å². The lowest BCUT2D eigenvalue weighted by molar-refractivity contribution is -0.131. The Balaban J connectivity index is 1.88. The van der Waals surface area contributed by atoms with Gasteiger partial charge in [0, 0.05) is 49.4 Å². The summed E-state index contributed by atoms with van der Waals surface area (Å²) in [5.41, 5.74) is 1.45. The third-order valence-corrected chi connectivity index (χ3v) is 4.54. The summed E-state index contributed by atoms with van der Waals surface area (Å²) in [6.07, 6.45) is 0.562. The van der Waals surface area contributed by atoms with E-state index in [1.54, 1.807) is 0 Å². The first-order valence-corrected chi connectivity index (χ1v) is 9.36. The van der Waals surface area contributed by atoms with Crippen molar-refractivity contribution in [2.75, 3.05) is 36.4 Å². The van der Waals surface area contributed by atoms with Crippen molar-refractivity contribution in [2.45, 2.75) is 34.1 Å². The van der Waals surface area contributed by atoms with Crippen LogP contribution in [0.4, 0.5) is 11.4 Å². The molecule has 1 heterocycles. The Labute approximate surface area is 160 Å². The Bertz CT molecular complexity index is 659. The number of carbonyl (C=O) groups is 2. The molecule has 6 nitrogen and oxygen atoms in total. The molecule has 2 amide bonds. The Morgan fingerprint density at radius 3 is 2.15 bits per heavy atom. The van der Waals surface area contributed by atoms with Crippen LogP contribution < -0.4 is 15.5 Å². The highest BCUT2D eigenvalue weighted by atomic mass is 32.1. The minimum absolute atomic E-state index is 0.119. The van der Waals surface area contributed by atoms with Crippen molar-refractivity contribution < 1.29 is 9.59 Å². The van der Waals surface area contributed by atoms with Crippen LogP contribution in [0, 0.1) is 5.41 Å². The van der Waals surface area contributed by atoms with Crippen molar-refractivity contribution in [3.63, 3.8) is 0 Å². The highest BCUT2D eigenvalue weighted by Gasteiger charge is 2.22. The van der Waals surface area contributed by atoms with Crippen LogP contribution in [-0.4, -0.2) is 48.0 Å². The summed E-state index contributed by atoms with van der Waals surface area (Å²) in [6.45, 7) is 10.6. The van der Waals surface area contributed by atoms with Crippen molar-refractivity contribution >= 4 is 40.5 Å². The van der Waals surface area contributed by atoms with Gasteiger partial charge in [-0.1, -0.05) is 27.7 Å². The summed E-state index contributed by atoms with van der Waals surface area (Å²) < 4.78 is 0. The Hall–Kier alpha value is -2.15. The zero-order valence-electron chi connectivity index (χ0n) is 16.0. The molecule has 0 aliphatic carbocycles. The first-order chi connectivity index (χ1) is 12.2. The molecule has 0 spiro atoms. The molecule has 2 rings (SSSR count). The number of hydrogen-bond donors (Lipinski definition) is 2. The van der Waals surface area contributed by atoms with Crippen molar-refractivity contribution in [2.24, 2.45) is 5.41 Å². The molecule has 142 valence electrons. The molecule has 7 heteroatoms.